The van der Waals surface area contributed by atoms with Gasteiger partial charge in [0.05, 0.1) is 17.2 Å². The number of nitrogens with zero attached hydrogens (tertiary/aromatic N) is 2. The second-order valence-corrected chi connectivity index (χ2v) is 8.47. The number of rotatable bonds is 3. The number of aromatic amines is 1. The lowest BCUT2D eigenvalue weighted by atomic mass is 9.92. The highest BCUT2D eigenvalue weighted by molar-refractivity contribution is 6.04. The molecule has 164 valence electrons. The van der Waals surface area contributed by atoms with Crippen LogP contribution in [0.4, 0.5) is 21.8 Å². The molecule has 9 heteroatoms. The number of hydrogen-bond donors (Lipinski definition) is 3. The van der Waals surface area contributed by atoms with E-state index in [0.717, 1.165) is 19.3 Å². The van der Waals surface area contributed by atoms with Gasteiger partial charge in [0, 0.05) is 18.5 Å². The molecule has 1 aromatic carbocycles. The van der Waals surface area contributed by atoms with E-state index in [-0.39, 0.29) is 35.6 Å². The second-order valence-electron chi connectivity index (χ2n) is 8.47. The molecule has 1 aromatic heterocycles. The molecule has 0 radical (unpaired) electrons. The third-order valence-corrected chi connectivity index (χ3v) is 6.08. The fourth-order valence-corrected chi connectivity index (χ4v) is 4.49. The molecule has 0 unspecified atom stereocenters. The molecule has 2 amide bonds. The number of amides is 2. The smallest absolute Gasteiger partial charge is 0.258 e. The molecule has 3 heterocycles. The summed E-state index contributed by atoms with van der Waals surface area (Å²) in [7, 11) is 0. The number of aryl methyl sites for hydroxylation is 1. The Hall–Kier alpha value is -3.23. The van der Waals surface area contributed by atoms with Gasteiger partial charge in [0.15, 0.2) is 0 Å². The van der Waals surface area contributed by atoms with E-state index in [1.54, 1.807) is 13.0 Å². The molecule has 0 saturated carbocycles. The summed E-state index contributed by atoms with van der Waals surface area (Å²) in [6.07, 6.45) is 2.84. The van der Waals surface area contributed by atoms with Crippen LogP contribution in [0.15, 0.2) is 23.0 Å². The van der Waals surface area contributed by atoms with Crippen molar-refractivity contribution in [3.05, 3.63) is 45.5 Å². The molecule has 0 bridgehead atoms. The average molecular weight is 427 g/mol. The van der Waals surface area contributed by atoms with Crippen molar-refractivity contribution >= 4 is 29.3 Å². The molecule has 3 atom stereocenters. The van der Waals surface area contributed by atoms with Gasteiger partial charge in [0.2, 0.25) is 17.8 Å². The number of hydrogen-bond acceptors (Lipinski definition) is 5. The largest absolute Gasteiger partial charge is 0.337 e. The molecule has 1 fully saturated rings. The normalized spacial score (nSPS) is 23.2. The number of piperidine rings is 1. The monoisotopic (exact) mass is 427 g/mol. The molecule has 8 nitrogen and oxygen atoms in total. The highest BCUT2D eigenvalue weighted by Crippen LogP contribution is 2.32. The number of fused-ring (bicyclic) bond motifs is 1. The number of carbonyl (C=O) groups excluding carboxylic acids is 2. The van der Waals surface area contributed by atoms with Crippen LogP contribution < -0.4 is 21.1 Å². The van der Waals surface area contributed by atoms with Crippen LogP contribution in [0.2, 0.25) is 0 Å². The minimum atomic E-state index is -1.06. The average Bonchev–Trinajstić information content (AvgIpc) is 2.69. The van der Waals surface area contributed by atoms with Crippen molar-refractivity contribution in [1.82, 2.24) is 9.97 Å². The van der Waals surface area contributed by atoms with Gasteiger partial charge in [-0.1, -0.05) is 6.07 Å². The van der Waals surface area contributed by atoms with E-state index in [0.29, 0.717) is 11.5 Å². The molecule has 0 spiro atoms. The van der Waals surface area contributed by atoms with E-state index in [9.17, 15) is 18.8 Å². The van der Waals surface area contributed by atoms with Gasteiger partial charge in [-0.05, 0) is 57.7 Å². The molecule has 2 aromatic rings. The molecule has 0 aliphatic carbocycles. The number of aromatic nitrogens is 2. The lowest BCUT2D eigenvalue weighted by Crippen LogP contribution is -2.46. The van der Waals surface area contributed by atoms with Crippen LogP contribution in [-0.4, -0.2) is 33.9 Å². The van der Waals surface area contributed by atoms with Gasteiger partial charge in [0.1, 0.15) is 11.6 Å². The Morgan fingerprint density at radius 1 is 1.23 bits per heavy atom. The van der Waals surface area contributed by atoms with Crippen molar-refractivity contribution in [3.8, 4) is 0 Å². The van der Waals surface area contributed by atoms with Gasteiger partial charge in [-0.3, -0.25) is 19.4 Å². The minimum absolute atomic E-state index is 0.0000980. The van der Waals surface area contributed by atoms with Crippen LogP contribution >= 0.6 is 0 Å². The fourth-order valence-electron chi connectivity index (χ4n) is 4.49. The number of benzene rings is 1. The van der Waals surface area contributed by atoms with Crippen molar-refractivity contribution in [2.45, 2.75) is 64.5 Å². The third kappa shape index (κ3) is 4.04. The van der Waals surface area contributed by atoms with Crippen molar-refractivity contribution in [3.63, 3.8) is 0 Å². The molecule has 2 aliphatic rings. The van der Waals surface area contributed by atoms with Crippen molar-refractivity contribution in [2.75, 3.05) is 15.5 Å². The third-order valence-electron chi connectivity index (χ3n) is 6.08. The Morgan fingerprint density at radius 3 is 2.61 bits per heavy atom. The zero-order chi connectivity index (χ0) is 22.3. The fraction of sp³-hybridized carbons (Fsp3) is 0.455. The van der Waals surface area contributed by atoms with Gasteiger partial charge in [-0.2, -0.15) is 4.98 Å². The Labute approximate surface area is 179 Å². The van der Waals surface area contributed by atoms with Crippen LogP contribution in [0.25, 0.3) is 0 Å². The highest BCUT2D eigenvalue weighted by atomic mass is 19.1. The Kier molecular flexibility index (Phi) is 5.51. The summed E-state index contributed by atoms with van der Waals surface area (Å²) in [5, 5.41) is 5.13. The number of H-pyrrole nitrogens is 1. The Morgan fingerprint density at radius 2 is 1.94 bits per heavy atom. The van der Waals surface area contributed by atoms with Gasteiger partial charge < -0.3 is 15.5 Å². The summed E-state index contributed by atoms with van der Waals surface area (Å²) in [6.45, 7) is 5.88. The van der Waals surface area contributed by atoms with E-state index in [1.165, 1.54) is 12.1 Å². The van der Waals surface area contributed by atoms with E-state index >= 15 is 0 Å². The van der Waals surface area contributed by atoms with Gasteiger partial charge in [-0.15, -0.1) is 0 Å². The van der Waals surface area contributed by atoms with Gasteiger partial charge >= 0.3 is 0 Å². The summed E-state index contributed by atoms with van der Waals surface area (Å²) in [5.74, 6) is -2.21. The zero-order valence-corrected chi connectivity index (χ0v) is 17.8. The number of carbonyl (C=O) groups is 2. The Balaban J connectivity index is 1.68. The van der Waals surface area contributed by atoms with E-state index in [1.807, 2.05) is 4.90 Å². The van der Waals surface area contributed by atoms with Crippen molar-refractivity contribution < 1.29 is 14.0 Å². The predicted octanol–water partition coefficient (Wildman–Crippen LogP) is 3.05. The highest BCUT2D eigenvalue weighted by Gasteiger charge is 2.36. The second kappa shape index (κ2) is 8.13. The van der Waals surface area contributed by atoms with Crippen LogP contribution in [0.5, 0.6) is 0 Å². The predicted molar refractivity (Wildman–Crippen MR) is 116 cm³/mol. The van der Waals surface area contributed by atoms with Crippen LogP contribution in [0, 0.1) is 12.7 Å². The Bertz CT molecular complexity index is 1090. The van der Waals surface area contributed by atoms with E-state index < -0.39 is 29.1 Å². The quantitative estimate of drug-likeness (QED) is 0.698. The summed E-state index contributed by atoms with van der Waals surface area (Å²) < 4.78 is 14.2. The van der Waals surface area contributed by atoms with Crippen molar-refractivity contribution in [2.24, 2.45) is 0 Å². The lowest BCUT2D eigenvalue weighted by Gasteiger charge is -2.39. The number of nitrogens with one attached hydrogen (secondary N) is 3. The SMILES string of the molecule is Cc1ccc(NC(=O)[C@H]2CC(=O)Nc3nc(N4[C@H](C)CCC[C@@H]4C)[nH]c(=O)c32)c(F)c1. The molecule has 1 saturated heterocycles. The standard InChI is InChI=1S/C22H26FN5O3/c1-11-7-8-16(15(23)9-11)24-20(30)14-10-17(29)25-19-18(14)21(31)27-22(26-19)28-12(2)5-4-6-13(28)3/h7-9,12-14H,4-6,10H2,1-3H3,(H,24,30)(H2,25,26,27,29,31)/t12-,13+,14-/m0/s1. The van der Waals surface area contributed by atoms with Crippen LogP contribution in [0.3, 0.4) is 0 Å². The van der Waals surface area contributed by atoms with Gasteiger partial charge in [-0.25, -0.2) is 4.39 Å². The summed E-state index contributed by atoms with van der Waals surface area (Å²) in [6, 6.07) is 4.80. The van der Waals surface area contributed by atoms with Crippen LogP contribution in [-0.2, 0) is 9.59 Å². The first-order valence-electron chi connectivity index (χ1n) is 10.5. The molecule has 3 N–H and O–H groups in total. The van der Waals surface area contributed by atoms with E-state index in [4.69, 9.17) is 0 Å². The lowest BCUT2D eigenvalue weighted by molar-refractivity contribution is -0.123. The van der Waals surface area contributed by atoms with Crippen LogP contribution in [0.1, 0.15) is 56.6 Å². The maximum absolute atomic E-state index is 14.2. The van der Waals surface area contributed by atoms with Gasteiger partial charge in [0.25, 0.3) is 5.56 Å². The number of halogens is 1. The molecular formula is C22H26FN5O3. The molecule has 2 aliphatic heterocycles. The first kappa shape index (κ1) is 21.0. The maximum Gasteiger partial charge on any atom is 0.258 e. The topological polar surface area (TPSA) is 107 Å². The first-order valence-corrected chi connectivity index (χ1v) is 10.5. The first-order chi connectivity index (χ1) is 14.7. The molecule has 31 heavy (non-hydrogen) atoms. The van der Waals surface area contributed by atoms with E-state index in [2.05, 4.69) is 34.4 Å². The summed E-state index contributed by atoms with van der Waals surface area (Å²) in [4.78, 5) is 47.6. The molecule has 4 rings (SSSR count). The van der Waals surface area contributed by atoms with Crippen molar-refractivity contribution in [1.29, 1.82) is 0 Å². The summed E-state index contributed by atoms with van der Waals surface area (Å²) >= 11 is 0. The number of anilines is 3. The molecular weight excluding hydrogens is 401 g/mol. The maximum atomic E-state index is 14.2. The minimum Gasteiger partial charge on any atom is -0.337 e. The summed E-state index contributed by atoms with van der Waals surface area (Å²) in [5.41, 5.74) is 0.326. The zero-order valence-electron chi connectivity index (χ0n) is 17.8.